The zero-order chi connectivity index (χ0) is 22.3. The number of guanidine groups is 1. The van der Waals surface area contributed by atoms with Crippen molar-refractivity contribution in [2.24, 2.45) is 10.9 Å². The summed E-state index contributed by atoms with van der Waals surface area (Å²) in [5, 5.41) is 9.98. The number of methoxy groups -OCH3 is 1. The van der Waals surface area contributed by atoms with Gasteiger partial charge >= 0.3 is 0 Å². The van der Waals surface area contributed by atoms with E-state index in [4.69, 9.17) is 4.74 Å². The predicted octanol–water partition coefficient (Wildman–Crippen LogP) is 3.38. The molecule has 2 aromatic carbocycles. The predicted molar refractivity (Wildman–Crippen MR) is 129 cm³/mol. The molecule has 2 fully saturated rings. The summed E-state index contributed by atoms with van der Waals surface area (Å²) in [5.41, 5.74) is 3.08. The molecule has 0 spiro atoms. The van der Waals surface area contributed by atoms with Crippen molar-refractivity contribution >= 4 is 23.2 Å². The van der Waals surface area contributed by atoms with Crippen LogP contribution in [0.4, 0.5) is 11.4 Å². The fourth-order valence-corrected chi connectivity index (χ4v) is 4.24. The molecule has 1 unspecified atom stereocenters. The van der Waals surface area contributed by atoms with Crippen molar-refractivity contribution in [3.05, 3.63) is 54.1 Å². The first-order valence-electron chi connectivity index (χ1n) is 11.4. The highest BCUT2D eigenvalue weighted by atomic mass is 16.5. The molecule has 1 saturated heterocycles. The van der Waals surface area contributed by atoms with E-state index >= 15 is 0 Å². The average molecular weight is 436 g/mol. The van der Waals surface area contributed by atoms with Crippen LogP contribution in [0.25, 0.3) is 0 Å². The third kappa shape index (κ3) is 5.33. The number of para-hydroxylation sites is 2. The molecule has 170 valence electrons. The first-order valence-corrected chi connectivity index (χ1v) is 11.4. The molecule has 1 aliphatic carbocycles. The van der Waals surface area contributed by atoms with E-state index in [0.29, 0.717) is 12.6 Å². The summed E-state index contributed by atoms with van der Waals surface area (Å²) < 4.78 is 5.51. The summed E-state index contributed by atoms with van der Waals surface area (Å²) in [7, 11) is 3.50. The molecule has 2 aromatic rings. The lowest BCUT2D eigenvalue weighted by Crippen LogP contribution is -2.44. The number of carbonyl (C=O) groups is 1. The van der Waals surface area contributed by atoms with Gasteiger partial charge in [-0.05, 0) is 49.1 Å². The maximum absolute atomic E-state index is 12.2. The molecule has 1 saturated carbocycles. The van der Waals surface area contributed by atoms with Crippen molar-refractivity contribution in [2.45, 2.75) is 38.3 Å². The molecule has 0 radical (unpaired) electrons. The molecule has 0 aromatic heterocycles. The molecule has 0 bridgehead atoms. The monoisotopic (exact) mass is 435 g/mol. The number of ether oxygens (including phenoxy) is 1. The lowest BCUT2D eigenvalue weighted by Gasteiger charge is -2.24. The molecule has 2 aliphatic rings. The number of benzene rings is 2. The van der Waals surface area contributed by atoms with Crippen LogP contribution in [0.15, 0.2) is 53.5 Å². The highest BCUT2D eigenvalue weighted by Gasteiger charge is 2.26. The van der Waals surface area contributed by atoms with E-state index in [0.717, 1.165) is 67.4 Å². The number of nitrogens with one attached hydrogen (secondary N) is 3. The van der Waals surface area contributed by atoms with Crippen molar-refractivity contribution in [3.8, 4) is 5.75 Å². The highest BCUT2D eigenvalue weighted by molar-refractivity contribution is 5.93. The summed E-state index contributed by atoms with van der Waals surface area (Å²) >= 11 is 0. The second kappa shape index (κ2) is 10.4. The molecule has 7 nitrogen and oxygen atoms in total. The summed E-state index contributed by atoms with van der Waals surface area (Å²) in [4.78, 5) is 19.0. The van der Waals surface area contributed by atoms with Gasteiger partial charge in [0.25, 0.3) is 0 Å². The maximum Gasteiger partial charge on any atom is 0.227 e. The minimum atomic E-state index is 0.139. The van der Waals surface area contributed by atoms with Crippen LogP contribution in [0, 0.1) is 5.92 Å². The second-order valence-corrected chi connectivity index (χ2v) is 8.49. The second-order valence-electron chi connectivity index (χ2n) is 8.49. The van der Waals surface area contributed by atoms with Gasteiger partial charge in [0.15, 0.2) is 5.96 Å². The van der Waals surface area contributed by atoms with E-state index in [-0.39, 0.29) is 11.8 Å². The highest BCUT2D eigenvalue weighted by Crippen LogP contribution is 2.30. The number of anilines is 2. The quantitative estimate of drug-likeness (QED) is 0.459. The van der Waals surface area contributed by atoms with Gasteiger partial charge in [-0.25, -0.2) is 0 Å². The number of carbonyl (C=O) groups excluding carboxylic acids is 1. The fourth-order valence-electron chi connectivity index (χ4n) is 4.24. The SMILES string of the molecule is CN=C(NCc1cccc(NC(=O)C2CCC2)c1)NC1CCN(c2ccccc2OC)C1. The average Bonchev–Trinajstić information content (AvgIpc) is 3.24. The molecular formula is C25H33N5O2. The van der Waals surface area contributed by atoms with Gasteiger partial charge in [-0.1, -0.05) is 30.7 Å². The van der Waals surface area contributed by atoms with E-state index in [1.807, 2.05) is 36.4 Å². The molecule has 1 aliphatic heterocycles. The first-order chi connectivity index (χ1) is 15.7. The minimum absolute atomic E-state index is 0.139. The number of nitrogens with zero attached hydrogens (tertiary/aromatic N) is 2. The molecule has 1 heterocycles. The van der Waals surface area contributed by atoms with Gasteiger partial charge in [-0.3, -0.25) is 9.79 Å². The maximum atomic E-state index is 12.2. The summed E-state index contributed by atoms with van der Waals surface area (Å²) in [5.74, 6) is 2.00. The zero-order valence-electron chi connectivity index (χ0n) is 18.9. The molecule has 1 atom stereocenters. The van der Waals surface area contributed by atoms with Crippen LogP contribution in [0.3, 0.4) is 0 Å². The molecular weight excluding hydrogens is 402 g/mol. The van der Waals surface area contributed by atoms with Crippen molar-refractivity contribution in [3.63, 3.8) is 0 Å². The van der Waals surface area contributed by atoms with Crippen LogP contribution in [0.2, 0.25) is 0 Å². The van der Waals surface area contributed by atoms with Crippen LogP contribution in [-0.2, 0) is 11.3 Å². The third-order valence-electron chi connectivity index (χ3n) is 6.31. The Labute approximate surface area is 190 Å². The first kappa shape index (κ1) is 22.0. The van der Waals surface area contributed by atoms with Crippen LogP contribution < -0.4 is 25.6 Å². The van der Waals surface area contributed by atoms with E-state index in [1.54, 1.807) is 14.2 Å². The van der Waals surface area contributed by atoms with E-state index in [1.165, 1.54) is 0 Å². The Morgan fingerprint density at radius 2 is 2.00 bits per heavy atom. The van der Waals surface area contributed by atoms with Crippen molar-refractivity contribution < 1.29 is 9.53 Å². The van der Waals surface area contributed by atoms with Crippen LogP contribution in [0.5, 0.6) is 5.75 Å². The molecule has 4 rings (SSSR count). The summed E-state index contributed by atoms with van der Waals surface area (Å²) in [6.45, 7) is 2.50. The Bertz CT molecular complexity index is 957. The largest absolute Gasteiger partial charge is 0.495 e. The standard InChI is InChI=1S/C25H33N5O2/c1-26-25(29-21-13-14-30(17-21)22-11-3-4-12-23(22)32-2)27-16-18-7-5-10-20(15-18)28-24(31)19-8-6-9-19/h3-5,7,10-12,15,19,21H,6,8-9,13-14,16-17H2,1-2H3,(H,28,31)(H2,26,27,29). The van der Waals surface area contributed by atoms with Crippen LogP contribution >= 0.6 is 0 Å². The third-order valence-corrected chi connectivity index (χ3v) is 6.31. The minimum Gasteiger partial charge on any atom is -0.495 e. The molecule has 1 amide bonds. The van der Waals surface area contributed by atoms with Gasteiger partial charge in [-0.2, -0.15) is 0 Å². The number of hydrogen-bond donors (Lipinski definition) is 3. The Morgan fingerprint density at radius 3 is 2.75 bits per heavy atom. The van der Waals surface area contributed by atoms with Gasteiger partial charge < -0.3 is 25.6 Å². The summed E-state index contributed by atoms with van der Waals surface area (Å²) in [6.07, 6.45) is 4.20. The zero-order valence-corrected chi connectivity index (χ0v) is 18.9. The van der Waals surface area contributed by atoms with Gasteiger partial charge in [-0.15, -0.1) is 0 Å². The van der Waals surface area contributed by atoms with Crippen LogP contribution in [0.1, 0.15) is 31.2 Å². The van der Waals surface area contributed by atoms with Gasteiger partial charge in [0, 0.05) is 44.3 Å². The van der Waals surface area contributed by atoms with Gasteiger partial charge in [0.05, 0.1) is 12.8 Å². The lowest BCUT2D eigenvalue weighted by molar-refractivity contribution is -0.122. The topological polar surface area (TPSA) is 78.0 Å². The number of aliphatic imine (C=N–C) groups is 1. The van der Waals surface area contributed by atoms with Crippen molar-refractivity contribution in [2.75, 3.05) is 37.5 Å². The normalized spacial score (nSPS) is 18.8. The van der Waals surface area contributed by atoms with E-state index in [9.17, 15) is 4.79 Å². The lowest BCUT2D eigenvalue weighted by atomic mass is 9.85. The molecule has 7 heteroatoms. The number of rotatable bonds is 7. The van der Waals surface area contributed by atoms with Gasteiger partial charge in [0.1, 0.15) is 5.75 Å². The van der Waals surface area contributed by atoms with Crippen LogP contribution in [-0.4, -0.2) is 45.2 Å². The molecule has 32 heavy (non-hydrogen) atoms. The number of amides is 1. The smallest absolute Gasteiger partial charge is 0.227 e. The Kier molecular flexibility index (Phi) is 7.14. The fraction of sp³-hybridized carbons (Fsp3) is 0.440. The van der Waals surface area contributed by atoms with Crippen molar-refractivity contribution in [1.29, 1.82) is 0 Å². The van der Waals surface area contributed by atoms with Crippen molar-refractivity contribution in [1.82, 2.24) is 10.6 Å². The van der Waals surface area contributed by atoms with E-state index < -0.39 is 0 Å². The Hall–Kier alpha value is -3.22. The Balaban J connectivity index is 1.28. The number of hydrogen-bond acceptors (Lipinski definition) is 4. The van der Waals surface area contributed by atoms with E-state index in [2.05, 4.69) is 38.0 Å². The van der Waals surface area contributed by atoms with Gasteiger partial charge in [0.2, 0.25) is 5.91 Å². The summed E-state index contributed by atoms with van der Waals surface area (Å²) in [6, 6.07) is 16.4. The Morgan fingerprint density at radius 1 is 1.16 bits per heavy atom. The molecule has 3 N–H and O–H groups in total.